The molecule has 0 aliphatic carbocycles. The lowest BCUT2D eigenvalue weighted by atomic mass is 10.3. The van der Waals surface area contributed by atoms with Gasteiger partial charge in [0.2, 0.25) is 0 Å². The topological polar surface area (TPSA) is 37.0 Å². The second-order valence-corrected chi connectivity index (χ2v) is 3.91. The number of rotatable bonds is 6. The van der Waals surface area contributed by atoms with Gasteiger partial charge >= 0.3 is 0 Å². The van der Waals surface area contributed by atoms with Crippen LogP contribution in [0.3, 0.4) is 0 Å². The molecule has 3 nitrogen and oxygen atoms in total. The first-order valence-corrected chi connectivity index (χ1v) is 5.99. The Morgan fingerprint density at radius 2 is 1.72 bits per heavy atom. The number of anilines is 2. The molecule has 0 fully saturated rings. The standard InChI is InChI=1S/C14H16FN3/c15-13-8-4-9-17-14(13)18-11-5-10-16-12-6-2-1-3-7-12/h1-4,6-9,16H,5,10-11H2,(H,17,18). The molecule has 0 aliphatic rings. The van der Waals surface area contributed by atoms with Gasteiger partial charge in [-0.15, -0.1) is 0 Å². The highest BCUT2D eigenvalue weighted by molar-refractivity contribution is 5.42. The molecule has 1 aromatic carbocycles. The monoisotopic (exact) mass is 245 g/mol. The van der Waals surface area contributed by atoms with Gasteiger partial charge in [-0.2, -0.15) is 0 Å². The van der Waals surface area contributed by atoms with Gasteiger partial charge in [-0.25, -0.2) is 9.37 Å². The molecule has 0 saturated heterocycles. The largest absolute Gasteiger partial charge is 0.385 e. The average Bonchev–Trinajstić information content (AvgIpc) is 2.42. The van der Waals surface area contributed by atoms with Crippen LogP contribution in [0.1, 0.15) is 6.42 Å². The molecule has 0 radical (unpaired) electrons. The minimum absolute atomic E-state index is 0.312. The van der Waals surface area contributed by atoms with Crippen molar-refractivity contribution in [3.8, 4) is 0 Å². The number of hydrogen-bond donors (Lipinski definition) is 2. The lowest BCUT2D eigenvalue weighted by Crippen LogP contribution is -2.10. The fourth-order valence-corrected chi connectivity index (χ4v) is 1.60. The van der Waals surface area contributed by atoms with Gasteiger partial charge in [0.05, 0.1) is 0 Å². The Kier molecular flexibility index (Phi) is 4.53. The van der Waals surface area contributed by atoms with E-state index in [0.717, 1.165) is 18.7 Å². The molecule has 2 aromatic rings. The summed E-state index contributed by atoms with van der Waals surface area (Å²) in [4.78, 5) is 3.93. The van der Waals surface area contributed by atoms with E-state index in [1.165, 1.54) is 6.07 Å². The number of pyridine rings is 1. The molecule has 1 heterocycles. The highest BCUT2D eigenvalue weighted by Gasteiger charge is 1.99. The maximum Gasteiger partial charge on any atom is 0.165 e. The molecule has 0 spiro atoms. The van der Waals surface area contributed by atoms with E-state index in [-0.39, 0.29) is 5.82 Å². The Bertz CT molecular complexity index is 473. The summed E-state index contributed by atoms with van der Waals surface area (Å²) in [6, 6.07) is 13.0. The Labute approximate surface area is 106 Å². The van der Waals surface area contributed by atoms with Crippen molar-refractivity contribution in [1.82, 2.24) is 4.98 Å². The van der Waals surface area contributed by atoms with Crippen LogP contribution in [0.2, 0.25) is 0 Å². The highest BCUT2D eigenvalue weighted by Crippen LogP contribution is 2.08. The van der Waals surface area contributed by atoms with Gasteiger partial charge in [0.15, 0.2) is 11.6 Å². The fourth-order valence-electron chi connectivity index (χ4n) is 1.60. The fraction of sp³-hybridized carbons (Fsp3) is 0.214. The lowest BCUT2D eigenvalue weighted by Gasteiger charge is -2.08. The van der Waals surface area contributed by atoms with Crippen molar-refractivity contribution in [2.24, 2.45) is 0 Å². The zero-order valence-corrected chi connectivity index (χ0v) is 10.1. The van der Waals surface area contributed by atoms with E-state index < -0.39 is 0 Å². The normalized spacial score (nSPS) is 10.1. The van der Waals surface area contributed by atoms with E-state index in [2.05, 4.69) is 15.6 Å². The number of benzene rings is 1. The van der Waals surface area contributed by atoms with Crippen LogP contribution in [0.4, 0.5) is 15.9 Å². The first-order chi connectivity index (χ1) is 8.86. The first kappa shape index (κ1) is 12.4. The number of halogens is 1. The summed E-state index contributed by atoms with van der Waals surface area (Å²) in [5.74, 6) is 0.00531. The average molecular weight is 245 g/mol. The Balaban J connectivity index is 1.66. The van der Waals surface area contributed by atoms with Crippen molar-refractivity contribution in [2.45, 2.75) is 6.42 Å². The molecule has 2 N–H and O–H groups in total. The summed E-state index contributed by atoms with van der Waals surface area (Å²) in [7, 11) is 0. The lowest BCUT2D eigenvalue weighted by molar-refractivity contribution is 0.624. The molecule has 18 heavy (non-hydrogen) atoms. The van der Waals surface area contributed by atoms with Crippen molar-refractivity contribution >= 4 is 11.5 Å². The molecule has 0 aliphatic heterocycles. The third-order valence-electron chi connectivity index (χ3n) is 2.51. The second kappa shape index (κ2) is 6.59. The zero-order chi connectivity index (χ0) is 12.6. The predicted molar refractivity (Wildman–Crippen MR) is 72.2 cm³/mol. The van der Waals surface area contributed by atoms with Crippen LogP contribution < -0.4 is 10.6 Å². The number of nitrogens with one attached hydrogen (secondary N) is 2. The van der Waals surface area contributed by atoms with Crippen LogP contribution in [0.15, 0.2) is 48.7 Å². The van der Waals surface area contributed by atoms with E-state index in [1.807, 2.05) is 30.3 Å². The molecule has 0 atom stereocenters. The molecule has 0 saturated carbocycles. The van der Waals surface area contributed by atoms with Crippen molar-refractivity contribution in [2.75, 3.05) is 23.7 Å². The zero-order valence-electron chi connectivity index (χ0n) is 10.1. The minimum Gasteiger partial charge on any atom is -0.385 e. The first-order valence-electron chi connectivity index (χ1n) is 5.99. The molecule has 0 unspecified atom stereocenters. The Morgan fingerprint density at radius 1 is 0.944 bits per heavy atom. The molecular formula is C14H16FN3. The summed E-state index contributed by atoms with van der Waals surface area (Å²) in [6.45, 7) is 1.53. The molecule has 2 rings (SSSR count). The smallest absolute Gasteiger partial charge is 0.165 e. The van der Waals surface area contributed by atoms with E-state index in [1.54, 1.807) is 12.3 Å². The van der Waals surface area contributed by atoms with Crippen LogP contribution in [0, 0.1) is 5.82 Å². The van der Waals surface area contributed by atoms with Gasteiger partial charge in [-0.3, -0.25) is 0 Å². The summed E-state index contributed by atoms with van der Waals surface area (Å²) < 4.78 is 13.2. The van der Waals surface area contributed by atoms with Gasteiger partial charge in [0.25, 0.3) is 0 Å². The number of nitrogens with zero attached hydrogens (tertiary/aromatic N) is 1. The molecule has 0 bridgehead atoms. The van der Waals surface area contributed by atoms with Gasteiger partial charge in [-0.05, 0) is 30.7 Å². The molecule has 94 valence electrons. The SMILES string of the molecule is Fc1cccnc1NCCCNc1ccccc1. The van der Waals surface area contributed by atoms with Gasteiger partial charge in [0.1, 0.15) is 0 Å². The summed E-state index contributed by atoms with van der Waals surface area (Å²) in [6.07, 6.45) is 2.47. The van der Waals surface area contributed by atoms with Gasteiger partial charge in [-0.1, -0.05) is 18.2 Å². The number of aromatic nitrogens is 1. The molecule has 0 amide bonds. The summed E-state index contributed by atoms with van der Waals surface area (Å²) >= 11 is 0. The number of para-hydroxylation sites is 1. The third kappa shape index (κ3) is 3.73. The molecule has 4 heteroatoms. The van der Waals surface area contributed by atoms with Crippen molar-refractivity contribution in [3.05, 3.63) is 54.5 Å². The van der Waals surface area contributed by atoms with Crippen molar-refractivity contribution in [1.29, 1.82) is 0 Å². The van der Waals surface area contributed by atoms with E-state index in [9.17, 15) is 4.39 Å². The van der Waals surface area contributed by atoms with Crippen molar-refractivity contribution in [3.63, 3.8) is 0 Å². The molecule has 1 aromatic heterocycles. The van der Waals surface area contributed by atoms with Crippen LogP contribution in [0.25, 0.3) is 0 Å². The maximum atomic E-state index is 13.2. The number of hydrogen-bond acceptors (Lipinski definition) is 3. The van der Waals surface area contributed by atoms with Crippen LogP contribution >= 0.6 is 0 Å². The van der Waals surface area contributed by atoms with E-state index in [4.69, 9.17) is 0 Å². The van der Waals surface area contributed by atoms with E-state index in [0.29, 0.717) is 12.4 Å². The van der Waals surface area contributed by atoms with Gasteiger partial charge in [0, 0.05) is 25.0 Å². The minimum atomic E-state index is -0.312. The van der Waals surface area contributed by atoms with Crippen LogP contribution in [0.5, 0.6) is 0 Å². The maximum absolute atomic E-state index is 13.2. The molecular weight excluding hydrogens is 229 g/mol. The second-order valence-electron chi connectivity index (χ2n) is 3.91. The van der Waals surface area contributed by atoms with E-state index >= 15 is 0 Å². The predicted octanol–water partition coefficient (Wildman–Crippen LogP) is 3.13. The van der Waals surface area contributed by atoms with Crippen LogP contribution in [-0.2, 0) is 0 Å². The Morgan fingerprint density at radius 3 is 2.50 bits per heavy atom. The summed E-state index contributed by atoms with van der Waals surface area (Å²) in [5.41, 5.74) is 1.10. The van der Waals surface area contributed by atoms with Crippen molar-refractivity contribution < 1.29 is 4.39 Å². The van der Waals surface area contributed by atoms with Crippen LogP contribution in [-0.4, -0.2) is 18.1 Å². The third-order valence-corrected chi connectivity index (χ3v) is 2.51. The Hall–Kier alpha value is -2.10. The van der Waals surface area contributed by atoms with Gasteiger partial charge < -0.3 is 10.6 Å². The highest BCUT2D eigenvalue weighted by atomic mass is 19.1. The quantitative estimate of drug-likeness (QED) is 0.768. The summed E-state index contributed by atoms with van der Waals surface area (Å²) in [5, 5.41) is 6.26.